The summed E-state index contributed by atoms with van der Waals surface area (Å²) in [6, 6.07) is 5.81. The Morgan fingerprint density at radius 3 is 2.53 bits per heavy atom. The van der Waals surface area contributed by atoms with Gasteiger partial charge in [-0.25, -0.2) is 0 Å². The Bertz CT molecular complexity index is 796. The molecule has 4 rings (SSSR count). The molecule has 1 fully saturated rings. The van der Waals surface area contributed by atoms with Crippen molar-refractivity contribution in [3.63, 3.8) is 0 Å². The van der Waals surface area contributed by atoms with Crippen molar-refractivity contribution < 1.29 is 19.4 Å². The number of aromatic hydroxyl groups is 1. The summed E-state index contributed by atoms with van der Waals surface area (Å²) in [6.45, 7) is 12.1. The highest BCUT2D eigenvalue weighted by Gasteiger charge is 2.58. The molecule has 0 spiro atoms. The monoisotopic (exact) mass is 414 g/mol. The number of hydrogen-bond donors (Lipinski definition) is 1. The standard InChI is InChI=1S/C20H24O2.C4H8O2.C2H6/c1-19(12-21)9-8-18-17-5-3-13-11-14(22)4-6-15(13)16(17)7-10-20(18,19)2;1-3-6-4(2)5;1-2/h4,6-7,11-12,17-18,22H,3,5,8-10H2,1-2H3;3H2,1-2H3;1-2H3/t17-,18?,19-,20+;;/m1../s1. The Kier molecular flexibility index (Phi) is 7.90. The van der Waals surface area contributed by atoms with Gasteiger partial charge in [0.1, 0.15) is 12.0 Å². The lowest BCUT2D eigenvalue weighted by molar-refractivity contribution is -0.140. The van der Waals surface area contributed by atoms with Crippen molar-refractivity contribution in [1.29, 1.82) is 0 Å². The fourth-order valence-electron chi connectivity index (χ4n) is 5.65. The molecule has 3 aliphatic carbocycles. The fraction of sp³-hybridized carbons (Fsp3) is 0.615. The van der Waals surface area contributed by atoms with Gasteiger partial charge in [-0.05, 0) is 85.1 Å². The Morgan fingerprint density at radius 1 is 1.27 bits per heavy atom. The molecule has 4 heteroatoms. The molecule has 0 heterocycles. The molecule has 1 saturated carbocycles. The van der Waals surface area contributed by atoms with Crippen LogP contribution in [0.2, 0.25) is 0 Å². The number of aldehydes is 1. The number of allylic oxidation sites excluding steroid dienone is 2. The van der Waals surface area contributed by atoms with Gasteiger partial charge in [-0.1, -0.05) is 39.8 Å². The smallest absolute Gasteiger partial charge is 0.302 e. The summed E-state index contributed by atoms with van der Waals surface area (Å²) in [5.41, 5.74) is 4.02. The predicted molar refractivity (Wildman–Crippen MR) is 121 cm³/mol. The summed E-state index contributed by atoms with van der Waals surface area (Å²) in [6.07, 6.45) is 9.00. The van der Waals surface area contributed by atoms with Crippen molar-refractivity contribution in [2.45, 2.75) is 73.6 Å². The van der Waals surface area contributed by atoms with Crippen LogP contribution in [-0.2, 0) is 20.7 Å². The van der Waals surface area contributed by atoms with Crippen molar-refractivity contribution in [2.24, 2.45) is 22.7 Å². The quantitative estimate of drug-likeness (QED) is 0.479. The molecular weight excluding hydrogens is 376 g/mol. The number of phenols is 1. The topological polar surface area (TPSA) is 63.6 Å². The molecule has 30 heavy (non-hydrogen) atoms. The molecule has 4 atom stereocenters. The lowest BCUT2D eigenvalue weighted by Gasteiger charge is -2.49. The van der Waals surface area contributed by atoms with Crippen LogP contribution in [0.4, 0.5) is 0 Å². The van der Waals surface area contributed by atoms with Gasteiger partial charge in [-0.2, -0.15) is 0 Å². The lowest BCUT2D eigenvalue weighted by Crippen LogP contribution is -2.43. The molecule has 0 bridgehead atoms. The number of phenolic OH excluding ortho intramolecular Hbond substituents is 1. The second kappa shape index (κ2) is 9.80. The average Bonchev–Trinajstić information content (AvgIpc) is 3.01. The molecular formula is C26H38O4. The molecule has 1 N–H and O–H groups in total. The fourth-order valence-corrected chi connectivity index (χ4v) is 5.65. The van der Waals surface area contributed by atoms with Crippen LogP contribution in [0, 0.1) is 22.7 Å². The normalized spacial score (nSPS) is 30.7. The van der Waals surface area contributed by atoms with Crippen LogP contribution in [0.5, 0.6) is 5.75 Å². The van der Waals surface area contributed by atoms with Crippen LogP contribution in [0.25, 0.3) is 5.57 Å². The first-order valence-electron chi connectivity index (χ1n) is 11.4. The van der Waals surface area contributed by atoms with E-state index in [0.717, 1.165) is 25.7 Å². The molecule has 0 saturated heterocycles. The van der Waals surface area contributed by atoms with Crippen LogP contribution in [0.1, 0.15) is 78.4 Å². The van der Waals surface area contributed by atoms with E-state index < -0.39 is 0 Å². The van der Waals surface area contributed by atoms with Crippen LogP contribution >= 0.6 is 0 Å². The maximum absolute atomic E-state index is 11.7. The van der Waals surface area contributed by atoms with Crippen molar-refractivity contribution in [3.05, 3.63) is 35.4 Å². The van der Waals surface area contributed by atoms with E-state index in [-0.39, 0.29) is 16.8 Å². The van der Waals surface area contributed by atoms with Gasteiger partial charge in [0, 0.05) is 12.3 Å². The van der Waals surface area contributed by atoms with Gasteiger partial charge < -0.3 is 14.6 Å². The van der Waals surface area contributed by atoms with Gasteiger partial charge in [-0.15, -0.1) is 0 Å². The maximum atomic E-state index is 11.7. The molecule has 1 unspecified atom stereocenters. The number of esters is 1. The van der Waals surface area contributed by atoms with Gasteiger partial charge in [0.25, 0.3) is 0 Å². The van der Waals surface area contributed by atoms with Crippen LogP contribution in [-0.4, -0.2) is 24.0 Å². The number of carbonyl (C=O) groups is 2. The minimum Gasteiger partial charge on any atom is -0.508 e. The third-order valence-electron chi connectivity index (χ3n) is 7.46. The van der Waals surface area contributed by atoms with E-state index in [2.05, 4.69) is 30.7 Å². The van der Waals surface area contributed by atoms with Crippen LogP contribution in [0.15, 0.2) is 24.3 Å². The van der Waals surface area contributed by atoms with E-state index in [1.54, 1.807) is 13.0 Å². The summed E-state index contributed by atoms with van der Waals surface area (Å²) >= 11 is 0. The number of benzene rings is 1. The Hall–Kier alpha value is -2.10. The van der Waals surface area contributed by atoms with Gasteiger partial charge in [0.15, 0.2) is 0 Å². The summed E-state index contributed by atoms with van der Waals surface area (Å²) in [5, 5.41) is 9.72. The molecule has 0 radical (unpaired) electrons. The van der Waals surface area contributed by atoms with E-state index in [1.165, 1.54) is 36.3 Å². The first kappa shape index (κ1) is 24.2. The molecule has 4 nitrogen and oxygen atoms in total. The predicted octanol–water partition coefficient (Wildman–Crippen LogP) is 5.96. The van der Waals surface area contributed by atoms with E-state index in [4.69, 9.17) is 0 Å². The first-order valence-corrected chi connectivity index (χ1v) is 11.4. The highest BCUT2D eigenvalue weighted by molar-refractivity contribution is 5.74. The second-order valence-electron chi connectivity index (χ2n) is 8.87. The lowest BCUT2D eigenvalue weighted by atomic mass is 9.55. The zero-order valence-electron chi connectivity index (χ0n) is 19.5. The van der Waals surface area contributed by atoms with E-state index in [0.29, 0.717) is 24.2 Å². The highest BCUT2D eigenvalue weighted by atomic mass is 16.5. The maximum Gasteiger partial charge on any atom is 0.302 e. The number of carbonyl (C=O) groups excluding carboxylic acids is 2. The minimum atomic E-state index is -0.211. The third-order valence-corrected chi connectivity index (χ3v) is 7.46. The van der Waals surface area contributed by atoms with Crippen molar-refractivity contribution >= 4 is 17.8 Å². The average molecular weight is 415 g/mol. The summed E-state index contributed by atoms with van der Waals surface area (Å²) < 4.78 is 4.40. The summed E-state index contributed by atoms with van der Waals surface area (Å²) in [4.78, 5) is 21.6. The number of fused-ring (bicyclic) bond motifs is 5. The van der Waals surface area contributed by atoms with Crippen LogP contribution in [0.3, 0.4) is 0 Å². The number of hydrogen-bond acceptors (Lipinski definition) is 4. The van der Waals surface area contributed by atoms with E-state index >= 15 is 0 Å². The number of aryl methyl sites for hydroxylation is 1. The first-order chi connectivity index (χ1) is 14.3. The molecule has 0 amide bonds. The molecule has 3 aliphatic rings. The molecule has 1 aromatic rings. The molecule has 166 valence electrons. The van der Waals surface area contributed by atoms with Gasteiger partial charge in [0.2, 0.25) is 0 Å². The number of ether oxygens (including phenoxy) is 1. The van der Waals surface area contributed by atoms with Crippen molar-refractivity contribution in [2.75, 3.05) is 6.61 Å². The van der Waals surface area contributed by atoms with Gasteiger partial charge >= 0.3 is 5.97 Å². The zero-order chi connectivity index (χ0) is 22.5. The number of rotatable bonds is 2. The van der Waals surface area contributed by atoms with Crippen LogP contribution < -0.4 is 0 Å². The van der Waals surface area contributed by atoms with E-state index in [9.17, 15) is 14.7 Å². The summed E-state index contributed by atoms with van der Waals surface area (Å²) in [7, 11) is 0. The largest absolute Gasteiger partial charge is 0.508 e. The summed E-state index contributed by atoms with van der Waals surface area (Å²) in [5.74, 6) is 1.35. The Labute approximate surface area is 181 Å². The zero-order valence-corrected chi connectivity index (χ0v) is 19.5. The van der Waals surface area contributed by atoms with E-state index in [1.807, 2.05) is 19.9 Å². The molecule has 0 aliphatic heterocycles. The highest BCUT2D eigenvalue weighted by Crippen LogP contribution is 2.64. The van der Waals surface area contributed by atoms with Crippen molar-refractivity contribution in [1.82, 2.24) is 0 Å². The second-order valence-corrected chi connectivity index (χ2v) is 8.87. The molecule has 0 aromatic heterocycles. The Balaban J connectivity index is 0.000000348. The van der Waals surface area contributed by atoms with Gasteiger partial charge in [-0.3, -0.25) is 4.79 Å². The van der Waals surface area contributed by atoms with Gasteiger partial charge in [0.05, 0.1) is 6.61 Å². The third kappa shape index (κ3) is 4.33. The molecule has 1 aromatic carbocycles. The SMILES string of the molecule is CC.CCOC(C)=O.C[C@]1(C=O)CCC2[C@@H]3CCc4cc(O)ccc4C3=CC[C@@]21C. The Morgan fingerprint density at radius 2 is 1.97 bits per heavy atom. The minimum absolute atomic E-state index is 0.108. The van der Waals surface area contributed by atoms with Crippen molar-refractivity contribution in [3.8, 4) is 5.75 Å².